The predicted molar refractivity (Wildman–Crippen MR) is 97.1 cm³/mol. The van der Waals surface area contributed by atoms with Gasteiger partial charge in [-0.05, 0) is 43.1 Å². The lowest BCUT2D eigenvalue weighted by atomic mass is 9.67. The van der Waals surface area contributed by atoms with E-state index < -0.39 is 0 Å². The summed E-state index contributed by atoms with van der Waals surface area (Å²) in [5, 5.41) is 0. The Morgan fingerprint density at radius 3 is 2.44 bits per heavy atom. The summed E-state index contributed by atoms with van der Waals surface area (Å²) in [6, 6.07) is 10.7. The average Bonchev–Trinajstić information content (AvgIpc) is 3.49. The minimum atomic E-state index is -0.0102. The number of piperidine rings is 2. The second-order valence-corrected chi connectivity index (χ2v) is 8.10. The molecule has 1 saturated carbocycles. The number of carbonyl (C=O) groups excluding carboxylic acids is 2. The molecule has 2 amide bonds. The fourth-order valence-corrected chi connectivity index (χ4v) is 4.68. The first-order valence-electron chi connectivity index (χ1n) is 9.75. The lowest BCUT2D eigenvalue weighted by Crippen LogP contribution is -2.55. The van der Waals surface area contributed by atoms with E-state index in [0.29, 0.717) is 18.4 Å². The van der Waals surface area contributed by atoms with Crippen LogP contribution in [0.5, 0.6) is 0 Å². The van der Waals surface area contributed by atoms with Crippen LogP contribution >= 0.6 is 0 Å². The molecule has 0 N–H and O–H groups in total. The Balaban J connectivity index is 1.56. The van der Waals surface area contributed by atoms with Crippen molar-refractivity contribution in [2.24, 2.45) is 5.41 Å². The number of hydrogen-bond acceptors (Lipinski definition) is 2. The van der Waals surface area contributed by atoms with Crippen molar-refractivity contribution in [1.82, 2.24) is 9.80 Å². The van der Waals surface area contributed by atoms with Gasteiger partial charge in [-0.2, -0.15) is 0 Å². The lowest BCUT2D eigenvalue weighted by molar-refractivity contribution is -0.145. The third kappa shape index (κ3) is 3.19. The number of nitrogens with zero attached hydrogens (tertiary/aromatic N) is 2. The van der Waals surface area contributed by atoms with Gasteiger partial charge in [-0.25, -0.2) is 0 Å². The number of rotatable bonds is 3. The van der Waals surface area contributed by atoms with Crippen LogP contribution < -0.4 is 0 Å². The topological polar surface area (TPSA) is 40.6 Å². The van der Waals surface area contributed by atoms with E-state index in [2.05, 4.69) is 17.0 Å². The molecule has 0 bridgehead atoms. The largest absolute Gasteiger partial charge is 0.343 e. The molecule has 4 nitrogen and oxygen atoms in total. The Bertz CT molecular complexity index is 645. The molecular formula is C21H28N2O2. The summed E-state index contributed by atoms with van der Waals surface area (Å²) in [5.41, 5.74) is 1.34. The third-order valence-corrected chi connectivity index (χ3v) is 6.39. The molecule has 1 aromatic rings. The van der Waals surface area contributed by atoms with Gasteiger partial charge in [-0.3, -0.25) is 9.59 Å². The average molecular weight is 340 g/mol. The first-order chi connectivity index (χ1) is 12.1. The number of benzene rings is 1. The van der Waals surface area contributed by atoms with Crippen LogP contribution in [0, 0.1) is 5.41 Å². The van der Waals surface area contributed by atoms with Gasteiger partial charge in [0.2, 0.25) is 11.8 Å². The van der Waals surface area contributed by atoms with E-state index in [1.165, 1.54) is 0 Å². The van der Waals surface area contributed by atoms with Gasteiger partial charge in [0.15, 0.2) is 0 Å². The fourth-order valence-electron chi connectivity index (χ4n) is 4.68. The van der Waals surface area contributed by atoms with E-state index in [1.54, 1.807) is 0 Å². The second-order valence-electron chi connectivity index (χ2n) is 8.10. The molecule has 2 saturated heterocycles. The van der Waals surface area contributed by atoms with Gasteiger partial charge >= 0.3 is 0 Å². The van der Waals surface area contributed by atoms with Gasteiger partial charge in [0.1, 0.15) is 0 Å². The summed E-state index contributed by atoms with van der Waals surface area (Å²) in [4.78, 5) is 29.3. The van der Waals surface area contributed by atoms with E-state index >= 15 is 0 Å². The highest BCUT2D eigenvalue weighted by molar-refractivity contribution is 5.85. The summed E-state index contributed by atoms with van der Waals surface area (Å²) in [7, 11) is 0. The van der Waals surface area contributed by atoms with Crippen molar-refractivity contribution in [3.63, 3.8) is 0 Å². The van der Waals surface area contributed by atoms with Gasteiger partial charge in [0.25, 0.3) is 0 Å². The van der Waals surface area contributed by atoms with Crippen LogP contribution in [0.4, 0.5) is 0 Å². The first-order valence-corrected chi connectivity index (χ1v) is 9.75. The van der Waals surface area contributed by atoms with Crippen molar-refractivity contribution in [3.8, 4) is 0 Å². The Morgan fingerprint density at radius 2 is 1.84 bits per heavy atom. The maximum absolute atomic E-state index is 13.1. The Labute approximate surface area is 150 Å². The van der Waals surface area contributed by atoms with Gasteiger partial charge < -0.3 is 9.80 Å². The van der Waals surface area contributed by atoms with Crippen LogP contribution in [0.15, 0.2) is 30.3 Å². The van der Waals surface area contributed by atoms with Crippen LogP contribution in [-0.4, -0.2) is 47.3 Å². The summed E-state index contributed by atoms with van der Waals surface area (Å²) in [5.74, 6) is 0.579. The number of carbonyl (C=O) groups is 2. The van der Waals surface area contributed by atoms with Gasteiger partial charge in [0, 0.05) is 32.1 Å². The summed E-state index contributed by atoms with van der Waals surface area (Å²) in [6.07, 6.45) is 5.89. The van der Waals surface area contributed by atoms with Crippen molar-refractivity contribution >= 4 is 11.8 Å². The van der Waals surface area contributed by atoms with Crippen LogP contribution in [0.25, 0.3) is 0 Å². The summed E-state index contributed by atoms with van der Waals surface area (Å²) < 4.78 is 0. The van der Waals surface area contributed by atoms with Crippen LogP contribution in [0.3, 0.4) is 0 Å². The first kappa shape index (κ1) is 16.6. The van der Waals surface area contributed by atoms with Crippen molar-refractivity contribution in [2.45, 2.75) is 57.4 Å². The summed E-state index contributed by atoms with van der Waals surface area (Å²) in [6.45, 7) is 4.53. The zero-order valence-corrected chi connectivity index (χ0v) is 15.1. The van der Waals surface area contributed by atoms with Crippen molar-refractivity contribution in [3.05, 3.63) is 35.9 Å². The summed E-state index contributed by atoms with van der Waals surface area (Å²) >= 11 is 0. The molecule has 3 aliphatic rings. The molecule has 0 aromatic heterocycles. The zero-order valence-electron chi connectivity index (χ0n) is 15.1. The lowest BCUT2D eigenvalue weighted by Gasteiger charge is -2.50. The Morgan fingerprint density at radius 1 is 1.16 bits per heavy atom. The minimum absolute atomic E-state index is 0.0102. The number of amides is 2. The molecule has 1 aliphatic carbocycles. The highest BCUT2D eigenvalue weighted by Gasteiger charge is 2.49. The van der Waals surface area contributed by atoms with Crippen LogP contribution in [0.1, 0.15) is 56.9 Å². The van der Waals surface area contributed by atoms with Crippen molar-refractivity contribution in [1.29, 1.82) is 0 Å². The maximum Gasteiger partial charge on any atom is 0.230 e. The molecule has 4 heteroatoms. The van der Waals surface area contributed by atoms with Crippen LogP contribution in [-0.2, 0) is 9.59 Å². The van der Waals surface area contributed by atoms with Crippen molar-refractivity contribution in [2.75, 3.05) is 19.6 Å². The third-order valence-electron chi connectivity index (χ3n) is 6.39. The molecule has 0 unspecified atom stereocenters. The maximum atomic E-state index is 13.1. The zero-order chi connectivity index (χ0) is 17.4. The molecule has 0 radical (unpaired) electrons. The smallest absolute Gasteiger partial charge is 0.230 e. The monoisotopic (exact) mass is 340 g/mol. The standard InChI is InChI=1S/C21H28N2O2/c1-2-19(24)22-12-10-21(11-13-22)14-18(16-6-4-3-5-7-16)20(25)23(15-21)17-8-9-17/h3-7,17-18H,2,8-15H2,1H3/t18-/m0/s1. The van der Waals surface area contributed by atoms with E-state index in [-0.39, 0.29) is 17.2 Å². The molecule has 1 spiro atoms. The molecule has 25 heavy (non-hydrogen) atoms. The van der Waals surface area contributed by atoms with E-state index in [4.69, 9.17) is 0 Å². The van der Waals surface area contributed by atoms with Gasteiger partial charge in [0.05, 0.1) is 5.92 Å². The highest BCUT2D eigenvalue weighted by atomic mass is 16.2. The molecule has 1 aromatic carbocycles. The molecule has 134 valence electrons. The number of hydrogen-bond donors (Lipinski definition) is 0. The molecular weight excluding hydrogens is 312 g/mol. The predicted octanol–water partition coefficient (Wildman–Crippen LogP) is 3.18. The van der Waals surface area contributed by atoms with E-state index in [1.807, 2.05) is 30.0 Å². The number of likely N-dealkylation sites (tertiary alicyclic amines) is 2. The Hall–Kier alpha value is -1.84. The van der Waals surface area contributed by atoms with Crippen molar-refractivity contribution < 1.29 is 9.59 Å². The quantitative estimate of drug-likeness (QED) is 0.848. The molecule has 1 atom stereocenters. The van der Waals surface area contributed by atoms with E-state index in [0.717, 1.165) is 57.3 Å². The fraction of sp³-hybridized carbons (Fsp3) is 0.619. The van der Waals surface area contributed by atoms with Crippen LogP contribution in [0.2, 0.25) is 0 Å². The molecule has 3 fully saturated rings. The Kier molecular flexibility index (Phi) is 4.30. The molecule has 2 heterocycles. The van der Waals surface area contributed by atoms with Gasteiger partial charge in [-0.1, -0.05) is 37.3 Å². The minimum Gasteiger partial charge on any atom is -0.343 e. The normalized spacial score (nSPS) is 26.1. The SMILES string of the molecule is CCC(=O)N1CCC2(CC1)C[C@@H](c1ccccc1)C(=O)N(C1CC1)C2. The highest BCUT2D eigenvalue weighted by Crippen LogP contribution is 2.48. The van der Waals surface area contributed by atoms with Gasteiger partial charge in [-0.15, -0.1) is 0 Å². The molecule has 4 rings (SSSR count). The molecule has 2 aliphatic heterocycles. The second kappa shape index (κ2) is 6.47. The van der Waals surface area contributed by atoms with E-state index in [9.17, 15) is 9.59 Å².